The molecule has 0 aliphatic rings. The number of carboxylic acids is 1. The molecule has 0 saturated heterocycles. The summed E-state index contributed by atoms with van der Waals surface area (Å²) in [6.45, 7) is 0.343. The van der Waals surface area contributed by atoms with Crippen molar-refractivity contribution in [2.75, 3.05) is 11.9 Å². The molecular formula is C11H12BN3O2. The highest BCUT2D eigenvalue weighted by Gasteiger charge is 2.09. The van der Waals surface area contributed by atoms with Gasteiger partial charge in [-0.25, -0.2) is 0 Å². The van der Waals surface area contributed by atoms with Gasteiger partial charge in [0, 0.05) is 19.0 Å². The van der Waals surface area contributed by atoms with E-state index in [9.17, 15) is 4.79 Å². The lowest BCUT2D eigenvalue weighted by Gasteiger charge is -2.01. The largest absolute Gasteiger partial charge is 0.481 e. The molecule has 0 aliphatic heterocycles. The molecular weight excluding hydrogens is 217 g/mol. The zero-order chi connectivity index (χ0) is 12.4. The molecule has 0 unspecified atom stereocenters. The Morgan fingerprint density at radius 3 is 3.06 bits per heavy atom. The standard InChI is InChI=1S/C11H12BN3O2/c1-15-10-7(3-2-4-8(10)12)11(14-15)13-6-5-9(16)17/h2-4H,5-6H2,1H3,(H,13,14)(H,16,17). The number of anilines is 1. The lowest BCUT2D eigenvalue weighted by molar-refractivity contribution is -0.136. The number of carbonyl (C=O) groups is 1. The second-order valence-corrected chi connectivity index (χ2v) is 3.79. The van der Waals surface area contributed by atoms with Gasteiger partial charge in [0.2, 0.25) is 0 Å². The minimum absolute atomic E-state index is 0.0559. The predicted octanol–water partition coefficient (Wildman–Crippen LogP) is 0.254. The van der Waals surface area contributed by atoms with Gasteiger partial charge in [0.25, 0.3) is 0 Å². The van der Waals surface area contributed by atoms with E-state index in [1.807, 2.05) is 18.2 Å². The SMILES string of the molecule is [B]c1cccc2c(NCCC(=O)O)nn(C)c12. The maximum atomic E-state index is 10.4. The zero-order valence-corrected chi connectivity index (χ0v) is 9.47. The van der Waals surface area contributed by atoms with Gasteiger partial charge in [-0.2, -0.15) is 5.10 Å². The molecule has 0 aliphatic carbocycles. The van der Waals surface area contributed by atoms with Crippen molar-refractivity contribution in [3.8, 4) is 0 Å². The summed E-state index contributed by atoms with van der Waals surface area (Å²) in [7, 11) is 7.67. The molecule has 0 fully saturated rings. The number of fused-ring (bicyclic) bond motifs is 1. The van der Waals surface area contributed by atoms with Crippen molar-refractivity contribution in [2.45, 2.75) is 6.42 Å². The van der Waals surface area contributed by atoms with Gasteiger partial charge in [0.1, 0.15) is 7.85 Å². The molecule has 0 saturated carbocycles. The first-order chi connectivity index (χ1) is 8.09. The number of aliphatic carboxylic acids is 1. The molecule has 2 rings (SSSR count). The highest BCUT2D eigenvalue weighted by Crippen LogP contribution is 2.19. The first kappa shape index (κ1) is 11.5. The average molecular weight is 229 g/mol. The molecule has 0 spiro atoms. The number of aryl methyl sites for hydroxylation is 1. The molecule has 0 bridgehead atoms. The van der Waals surface area contributed by atoms with Crippen molar-refractivity contribution in [1.82, 2.24) is 9.78 Å². The lowest BCUT2D eigenvalue weighted by Crippen LogP contribution is -2.08. The Labute approximate surface area is 99.8 Å². The van der Waals surface area contributed by atoms with Gasteiger partial charge in [0.05, 0.1) is 11.9 Å². The summed E-state index contributed by atoms with van der Waals surface area (Å²) in [6.07, 6.45) is 0.0559. The molecule has 2 radical (unpaired) electrons. The molecule has 1 aromatic carbocycles. The van der Waals surface area contributed by atoms with Crippen LogP contribution in [0.4, 0.5) is 5.82 Å². The van der Waals surface area contributed by atoms with Crippen molar-refractivity contribution in [3.63, 3.8) is 0 Å². The normalized spacial score (nSPS) is 10.6. The first-order valence-corrected chi connectivity index (χ1v) is 5.26. The number of nitrogens with one attached hydrogen (secondary N) is 1. The summed E-state index contributed by atoms with van der Waals surface area (Å²) >= 11 is 0. The topological polar surface area (TPSA) is 67.2 Å². The van der Waals surface area contributed by atoms with Crippen LogP contribution in [-0.4, -0.2) is 35.2 Å². The third kappa shape index (κ3) is 2.25. The van der Waals surface area contributed by atoms with Crippen LogP contribution < -0.4 is 10.8 Å². The van der Waals surface area contributed by atoms with E-state index in [1.54, 1.807) is 11.7 Å². The molecule has 86 valence electrons. The maximum absolute atomic E-state index is 10.4. The van der Waals surface area contributed by atoms with E-state index in [4.69, 9.17) is 13.0 Å². The number of para-hydroxylation sites is 1. The Balaban J connectivity index is 2.29. The summed E-state index contributed by atoms with van der Waals surface area (Å²) in [4.78, 5) is 10.4. The number of benzene rings is 1. The van der Waals surface area contributed by atoms with Crippen LogP contribution in [0.25, 0.3) is 10.9 Å². The minimum Gasteiger partial charge on any atom is -0.481 e. The summed E-state index contributed by atoms with van der Waals surface area (Å²) in [5, 5.41) is 16.7. The summed E-state index contributed by atoms with van der Waals surface area (Å²) in [5.41, 5.74) is 1.51. The van der Waals surface area contributed by atoms with Gasteiger partial charge < -0.3 is 10.4 Å². The van der Waals surface area contributed by atoms with Crippen molar-refractivity contribution in [2.24, 2.45) is 7.05 Å². The van der Waals surface area contributed by atoms with Crippen molar-refractivity contribution in [3.05, 3.63) is 18.2 Å². The summed E-state index contributed by atoms with van der Waals surface area (Å²) in [6, 6.07) is 5.56. The molecule has 1 aromatic heterocycles. The molecule has 2 N–H and O–H groups in total. The Hall–Kier alpha value is -1.98. The number of carboxylic acid groups (broad SMARTS) is 1. The Morgan fingerprint density at radius 1 is 1.59 bits per heavy atom. The fourth-order valence-corrected chi connectivity index (χ4v) is 1.79. The smallest absolute Gasteiger partial charge is 0.305 e. The van der Waals surface area contributed by atoms with E-state index >= 15 is 0 Å². The van der Waals surface area contributed by atoms with E-state index in [1.165, 1.54) is 0 Å². The Morgan fingerprint density at radius 2 is 2.35 bits per heavy atom. The third-order valence-corrected chi connectivity index (χ3v) is 2.53. The van der Waals surface area contributed by atoms with E-state index in [2.05, 4.69) is 10.4 Å². The number of nitrogens with zero attached hydrogens (tertiary/aromatic N) is 2. The van der Waals surface area contributed by atoms with Gasteiger partial charge in [0.15, 0.2) is 5.82 Å². The van der Waals surface area contributed by atoms with Crippen LogP contribution >= 0.6 is 0 Å². The van der Waals surface area contributed by atoms with Crippen molar-refractivity contribution >= 4 is 36.0 Å². The fourth-order valence-electron chi connectivity index (χ4n) is 1.79. The zero-order valence-electron chi connectivity index (χ0n) is 9.47. The van der Waals surface area contributed by atoms with Crippen LogP contribution in [0.2, 0.25) is 0 Å². The maximum Gasteiger partial charge on any atom is 0.305 e. The van der Waals surface area contributed by atoms with Crippen LogP contribution in [0.3, 0.4) is 0 Å². The van der Waals surface area contributed by atoms with Crippen molar-refractivity contribution < 1.29 is 9.90 Å². The third-order valence-electron chi connectivity index (χ3n) is 2.53. The summed E-state index contributed by atoms with van der Waals surface area (Å²) < 4.78 is 1.69. The average Bonchev–Trinajstić information content (AvgIpc) is 2.57. The van der Waals surface area contributed by atoms with Gasteiger partial charge in [-0.15, -0.1) is 0 Å². The quantitative estimate of drug-likeness (QED) is 0.737. The molecule has 2 aromatic rings. The molecule has 17 heavy (non-hydrogen) atoms. The van der Waals surface area contributed by atoms with Gasteiger partial charge in [-0.1, -0.05) is 17.6 Å². The Kier molecular flexibility index (Phi) is 3.04. The lowest BCUT2D eigenvalue weighted by atomic mass is 9.94. The highest BCUT2D eigenvalue weighted by atomic mass is 16.4. The van der Waals surface area contributed by atoms with E-state index in [0.717, 1.165) is 10.9 Å². The second kappa shape index (κ2) is 4.49. The van der Waals surface area contributed by atoms with Crippen LogP contribution in [0.1, 0.15) is 6.42 Å². The predicted molar refractivity (Wildman–Crippen MR) is 66.8 cm³/mol. The van der Waals surface area contributed by atoms with Crippen molar-refractivity contribution in [1.29, 1.82) is 0 Å². The number of aromatic nitrogens is 2. The summed E-state index contributed by atoms with van der Waals surface area (Å²) in [5.74, 6) is -0.173. The number of rotatable bonds is 4. The molecule has 5 nitrogen and oxygen atoms in total. The van der Waals surface area contributed by atoms with E-state index in [0.29, 0.717) is 17.8 Å². The van der Waals surface area contributed by atoms with Crippen LogP contribution in [-0.2, 0) is 11.8 Å². The van der Waals surface area contributed by atoms with Crippen LogP contribution in [0, 0.1) is 0 Å². The number of hydrogen-bond acceptors (Lipinski definition) is 3. The van der Waals surface area contributed by atoms with Gasteiger partial charge in [-0.3, -0.25) is 9.48 Å². The second-order valence-electron chi connectivity index (χ2n) is 3.79. The first-order valence-electron chi connectivity index (χ1n) is 5.26. The minimum atomic E-state index is -0.836. The molecule has 0 amide bonds. The molecule has 6 heteroatoms. The van der Waals surface area contributed by atoms with Crippen LogP contribution in [0.5, 0.6) is 0 Å². The monoisotopic (exact) mass is 229 g/mol. The van der Waals surface area contributed by atoms with E-state index < -0.39 is 5.97 Å². The van der Waals surface area contributed by atoms with Gasteiger partial charge >= 0.3 is 5.97 Å². The number of hydrogen-bond donors (Lipinski definition) is 2. The molecule has 0 atom stereocenters. The molecule has 1 heterocycles. The fraction of sp³-hybridized carbons (Fsp3) is 0.273. The van der Waals surface area contributed by atoms with Gasteiger partial charge in [-0.05, 0) is 6.07 Å². The Bertz CT molecular complexity index is 565. The van der Waals surface area contributed by atoms with E-state index in [-0.39, 0.29) is 6.42 Å². The van der Waals surface area contributed by atoms with Crippen LogP contribution in [0.15, 0.2) is 18.2 Å². The highest BCUT2D eigenvalue weighted by molar-refractivity contribution is 6.38.